The SMILES string of the molecule is Cc1ccc(C(C(N)=O)C2CCC(CN(Cc3ccccc3)S(=O)(=O)c3ccc(F)cc3C)CC2)cc1. The standard InChI is InChI=1S/C30H35FN2O3S/c1-21-8-12-25(13-9-21)29(30(32)34)26-14-10-24(11-15-26)20-33(19-23-6-4-3-5-7-23)37(35,36)28-17-16-27(31)18-22(28)2/h3-9,12-13,16-18,24,26,29H,10-11,14-15,19-20H2,1-2H3,(H2,32,34). The summed E-state index contributed by atoms with van der Waals surface area (Å²) in [5.74, 6) is -0.820. The maximum atomic E-state index is 13.8. The molecule has 1 atom stereocenters. The van der Waals surface area contributed by atoms with Gasteiger partial charge in [0.25, 0.3) is 0 Å². The lowest BCUT2D eigenvalue weighted by atomic mass is 9.73. The number of nitrogens with zero attached hydrogens (tertiary/aromatic N) is 1. The van der Waals surface area contributed by atoms with Gasteiger partial charge in [0.15, 0.2) is 0 Å². The molecule has 196 valence electrons. The summed E-state index contributed by atoms with van der Waals surface area (Å²) in [4.78, 5) is 12.5. The van der Waals surface area contributed by atoms with E-state index >= 15 is 0 Å². The van der Waals surface area contributed by atoms with Crippen LogP contribution in [0.25, 0.3) is 0 Å². The van der Waals surface area contributed by atoms with Crippen molar-refractivity contribution < 1.29 is 17.6 Å². The zero-order chi connectivity index (χ0) is 26.6. The van der Waals surface area contributed by atoms with E-state index in [1.54, 1.807) is 6.92 Å². The van der Waals surface area contributed by atoms with E-state index in [4.69, 9.17) is 5.73 Å². The van der Waals surface area contributed by atoms with Gasteiger partial charge in [-0.05, 0) is 86.3 Å². The van der Waals surface area contributed by atoms with Crippen LogP contribution in [0.1, 0.15) is 53.9 Å². The highest BCUT2D eigenvalue weighted by Crippen LogP contribution is 2.39. The first-order valence-corrected chi connectivity index (χ1v) is 14.2. The molecule has 3 aromatic carbocycles. The Bertz CT molecular complexity index is 1320. The van der Waals surface area contributed by atoms with E-state index < -0.39 is 15.8 Å². The number of nitrogens with two attached hydrogens (primary N) is 1. The van der Waals surface area contributed by atoms with E-state index in [9.17, 15) is 17.6 Å². The number of sulfonamides is 1. The van der Waals surface area contributed by atoms with Crippen molar-refractivity contribution in [1.29, 1.82) is 0 Å². The van der Waals surface area contributed by atoms with Gasteiger partial charge in [-0.3, -0.25) is 4.79 Å². The minimum absolute atomic E-state index is 0.131. The van der Waals surface area contributed by atoms with Crippen LogP contribution in [0.4, 0.5) is 4.39 Å². The largest absolute Gasteiger partial charge is 0.369 e. The average molecular weight is 523 g/mol. The van der Waals surface area contributed by atoms with Gasteiger partial charge in [-0.1, -0.05) is 60.2 Å². The molecule has 1 saturated carbocycles. The minimum atomic E-state index is -3.84. The number of halogens is 1. The average Bonchev–Trinajstić information content (AvgIpc) is 2.86. The number of hydrogen-bond donors (Lipinski definition) is 1. The topological polar surface area (TPSA) is 80.5 Å². The molecule has 1 aliphatic rings. The summed E-state index contributed by atoms with van der Waals surface area (Å²) >= 11 is 0. The van der Waals surface area contributed by atoms with E-state index in [1.165, 1.54) is 22.5 Å². The van der Waals surface area contributed by atoms with Gasteiger partial charge in [-0.15, -0.1) is 0 Å². The predicted molar refractivity (Wildman–Crippen MR) is 144 cm³/mol. The van der Waals surface area contributed by atoms with Crippen LogP contribution in [0.15, 0.2) is 77.7 Å². The van der Waals surface area contributed by atoms with E-state index in [0.717, 1.165) is 42.4 Å². The number of amides is 1. The number of carbonyl (C=O) groups is 1. The molecule has 0 heterocycles. The number of hydrogen-bond acceptors (Lipinski definition) is 3. The van der Waals surface area contributed by atoms with Gasteiger partial charge in [0.2, 0.25) is 15.9 Å². The summed E-state index contributed by atoms with van der Waals surface area (Å²) in [5, 5.41) is 0. The third kappa shape index (κ3) is 6.46. The number of benzene rings is 3. The van der Waals surface area contributed by atoms with E-state index in [-0.39, 0.29) is 35.1 Å². The smallest absolute Gasteiger partial charge is 0.243 e. The molecule has 7 heteroatoms. The normalized spacial score (nSPS) is 19.0. The fourth-order valence-electron chi connectivity index (χ4n) is 5.51. The molecular weight excluding hydrogens is 487 g/mol. The monoisotopic (exact) mass is 522 g/mol. The Labute approximate surface area is 219 Å². The molecule has 2 N–H and O–H groups in total. The Morgan fingerprint density at radius 3 is 2.22 bits per heavy atom. The highest BCUT2D eigenvalue weighted by atomic mass is 32.2. The molecule has 0 radical (unpaired) electrons. The van der Waals surface area contributed by atoms with Crippen molar-refractivity contribution in [2.45, 2.75) is 56.9 Å². The summed E-state index contributed by atoms with van der Waals surface area (Å²) in [6.45, 7) is 4.24. The maximum absolute atomic E-state index is 13.8. The Kier molecular flexibility index (Phi) is 8.45. The molecule has 0 spiro atoms. The second kappa shape index (κ2) is 11.6. The molecule has 1 unspecified atom stereocenters. The molecule has 3 aromatic rings. The van der Waals surface area contributed by atoms with Crippen LogP contribution in [-0.4, -0.2) is 25.2 Å². The Hall–Kier alpha value is -3.03. The summed E-state index contributed by atoms with van der Waals surface area (Å²) < 4.78 is 42.8. The molecule has 37 heavy (non-hydrogen) atoms. The third-order valence-corrected chi connectivity index (χ3v) is 9.50. The van der Waals surface area contributed by atoms with Crippen LogP contribution in [0.2, 0.25) is 0 Å². The van der Waals surface area contributed by atoms with Crippen molar-refractivity contribution in [2.75, 3.05) is 6.54 Å². The molecule has 1 fully saturated rings. The molecule has 0 bridgehead atoms. The van der Waals surface area contributed by atoms with Crippen molar-refractivity contribution in [3.63, 3.8) is 0 Å². The first kappa shape index (κ1) is 27.0. The first-order chi connectivity index (χ1) is 17.6. The quantitative estimate of drug-likeness (QED) is 0.391. The summed E-state index contributed by atoms with van der Waals surface area (Å²) in [7, 11) is -3.84. The summed E-state index contributed by atoms with van der Waals surface area (Å²) in [6.07, 6.45) is 3.23. The first-order valence-electron chi connectivity index (χ1n) is 12.8. The third-order valence-electron chi connectivity index (χ3n) is 7.52. The highest BCUT2D eigenvalue weighted by molar-refractivity contribution is 7.89. The van der Waals surface area contributed by atoms with Gasteiger partial charge in [-0.25, -0.2) is 12.8 Å². The zero-order valence-electron chi connectivity index (χ0n) is 21.4. The van der Waals surface area contributed by atoms with Crippen molar-refractivity contribution in [1.82, 2.24) is 4.31 Å². The number of primary amides is 1. The maximum Gasteiger partial charge on any atom is 0.243 e. The summed E-state index contributed by atoms with van der Waals surface area (Å²) in [5.41, 5.74) is 9.20. The van der Waals surface area contributed by atoms with Gasteiger partial charge >= 0.3 is 0 Å². The minimum Gasteiger partial charge on any atom is -0.369 e. The zero-order valence-corrected chi connectivity index (χ0v) is 22.3. The predicted octanol–water partition coefficient (Wildman–Crippen LogP) is 5.71. The molecule has 5 nitrogen and oxygen atoms in total. The molecule has 0 saturated heterocycles. The van der Waals surface area contributed by atoms with Crippen LogP contribution < -0.4 is 5.73 Å². The second-order valence-electron chi connectivity index (χ2n) is 10.3. The van der Waals surface area contributed by atoms with Crippen LogP contribution in [-0.2, 0) is 21.4 Å². The van der Waals surface area contributed by atoms with Crippen LogP contribution >= 0.6 is 0 Å². The highest BCUT2D eigenvalue weighted by Gasteiger charge is 2.35. The Morgan fingerprint density at radius 2 is 1.62 bits per heavy atom. The Morgan fingerprint density at radius 1 is 0.973 bits per heavy atom. The van der Waals surface area contributed by atoms with Crippen molar-refractivity contribution in [3.8, 4) is 0 Å². The van der Waals surface area contributed by atoms with Gasteiger partial charge in [-0.2, -0.15) is 4.31 Å². The van der Waals surface area contributed by atoms with Crippen molar-refractivity contribution >= 4 is 15.9 Å². The molecule has 1 amide bonds. The van der Waals surface area contributed by atoms with E-state index in [2.05, 4.69) is 0 Å². The molecule has 0 aromatic heterocycles. The van der Waals surface area contributed by atoms with Gasteiger partial charge in [0, 0.05) is 13.1 Å². The molecule has 4 rings (SSSR count). The van der Waals surface area contributed by atoms with Crippen molar-refractivity contribution in [3.05, 3.63) is 101 Å². The van der Waals surface area contributed by atoms with Gasteiger partial charge < -0.3 is 5.73 Å². The number of aryl methyl sites for hydroxylation is 2. The fraction of sp³-hybridized carbons (Fsp3) is 0.367. The lowest BCUT2D eigenvalue weighted by molar-refractivity contribution is -0.121. The van der Waals surface area contributed by atoms with Crippen LogP contribution in [0.3, 0.4) is 0 Å². The van der Waals surface area contributed by atoms with E-state index in [0.29, 0.717) is 12.1 Å². The fourth-order valence-corrected chi connectivity index (χ4v) is 7.22. The van der Waals surface area contributed by atoms with Crippen molar-refractivity contribution in [2.24, 2.45) is 17.6 Å². The number of carbonyl (C=O) groups excluding carboxylic acids is 1. The van der Waals surface area contributed by atoms with Gasteiger partial charge in [0.05, 0.1) is 10.8 Å². The second-order valence-corrected chi connectivity index (χ2v) is 12.2. The molecular formula is C30H35FN2O3S. The van der Waals surface area contributed by atoms with Crippen LogP contribution in [0, 0.1) is 31.5 Å². The Balaban J connectivity index is 1.52. The lowest BCUT2D eigenvalue weighted by Gasteiger charge is -2.35. The molecule has 1 aliphatic carbocycles. The lowest BCUT2D eigenvalue weighted by Crippen LogP contribution is -2.37. The van der Waals surface area contributed by atoms with Crippen LogP contribution in [0.5, 0.6) is 0 Å². The number of rotatable bonds is 9. The van der Waals surface area contributed by atoms with E-state index in [1.807, 2.05) is 61.5 Å². The van der Waals surface area contributed by atoms with Gasteiger partial charge in [0.1, 0.15) is 5.82 Å². The summed E-state index contributed by atoms with van der Waals surface area (Å²) in [6, 6.07) is 21.3. The molecule has 0 aliphatic heterocycles.